The van der Waals surface area contributed by atoms with Gasteiger partial charge in [0.2, 0.25) is 17.6 Å². The van der Waals surface area contributed by atoms with E-state index in [9.17, 15) is 9.18 Å². The maximum Gasteiger partial charge on any atom is 0.227 e. The maximum absolute atomic E-state index is 13.7. The highest BCUT2D eigenvalue weighted by atomic mass is 19.1. The van der Waals surface area contributed by atoms with Crippen LogP contribution in [0.2, 0.25) is 0 Å². The Morgan fingerprint density at radius 1 is 1.32 bits per heavy atom. The number of rotatable bonds is 4. The van der Waals surface area contributed by atoms with E-state index < -0.39 is 0 Å². The van der Waals surface area contributed by atoms with Crippen molar-refractivity contribution in [2.45, 2.75) is 40.0 Å². The first-order valence-corrected chi connectivity index (χ1v) is 8.79. The molecule has 0 saturated carbocycles. The molecule has 0 aliphatic carbocycles. The summed E-state index contributed by atoms with van der Waals surface area (Å²) in [7, 11) is 0. The number of benzene rings is 1. The Balaban J connectivity index is 1.60. The molecule has 25 heavy (non-hydrogen) atoms. The molecule has 3 rings (SSSR count). The Hall–Kier alpha value is -2.24. The molecule has 0 radical (unpaired) electrons. The first-order valence-electron chi connectivity index (χ1n) is 8.79. The molecule has 0 unspecified atom stereocenters. The van der Waals surface area contributed by atoms with Gasteiger partial charge >= 0.3 is 0 Å². The van der Waals surface area contributed by atoms with Crippen molar-refractivity contribution >= 4 is 5.91 Å². The van der Waals surface area contributed by atoms with Crippen molar-refractivity contribution in [1.82, 2.24) is 15.0 Å². The van der Waals surface area contributed by atoms with Gasteiger partial charge in [0.1, 0.15) is 5.82 Å². The lowest BCUT2D eigenvalue weighted by atomic mass is 9.91. The summed E-state index contributed by atoms with van der Waals surface area (Å²) in [6.45, 7) is 7.71. The third-order valence-corrected chi connectivity index (χ3v) is 4.67. The van der Waals surface area contributed by atoms with Gasteiger partial charge in [-0.25, -0.2) is 4.39 Å². The standard InChI is InChI=1S/C19H24FN3O2/c1-12-8-13(2)11-23(10-12)18(24)7-6-17-21-19(22-25-17)15-5-4-14(3)16(20)9-15/h4-5,9,12-13H,6-8,10-11H2,1-3H3/t12-,13+. The number of hydrogen-bond acceptors (Lipinski definition) is 4. The van der Waals surface area contributed by atoms with E-state index in [0.29, 0.717) is 47.5 Å². The second kappa shape index (κ2) is 7.33. The van der Waals surface area contributed by atoms with Gasteiger partial charge in [-0.15, -0.1) is 0 Å². The molecule has 2 heterocycles. The highest BCUT2D eigenvalue weighted by Gasteiger charge is 2.25. The average molecular weight is 345 g/mol. The molecule has 6 heteroatoms. The number of amides is 1. The van der Waals surface area contributed by atoms with Gasteiger partial charge in [-0.3, -0.25) is 4.79 Å². The molecule has 1 saturated heterocycles. The number of halogens is 1. The minimum absolute atomic E-state index is 0.125. The van der Waals surface area contributed by atoms with E-state index in [1.807, 2.05) is 4.90 Å². The Bertz CT molecular complexity index is 749. The molecule has 1 aromatic heterocycles. The van der Waals surface area contributed by atoms with E-state index in [1.54, 1.807) is 19.1 Å². The lowest BCUT2D eigenvalue weighted by molar-refractivity contribution is -0.133. The molecular formula is C19H24FN3O2. The van der Waals surface area contributed by atoms with Crippen LogP contribution in [-0.4, -0.2) is 34.0 Å². The molecule has 2 atom stereocenters. The first-order chi connectivity index (χ1) is 11.9. The summed E-state index contributed by atoms with van der Waals surface area (Å²) in [6.07, 6.45) is 1.92. The van der Waals surface area contributed by atoms with Crippen molar-refractivity contribution in [3.63, 3.8) is 0 Å². The van der Waals surface area contributed by atoms with Crippen LogP contribution in [0.4, 0.5) is 4.39 Å². The normalized spacial score (nSPS) is 20.7. The van der Waals surface area contributed by atoms with E-state index in [1.165, 1.54) is 12.5 Å². The van der Waals surface area contributed by atoms with E-state index in [2.05, 4.69) is 24.0 Å². The zero-order chi connectivity index (χ0) is 18.0. The quantitative estimate of drug-likeness (QED) is 0.849. The van der Waals surface area contributed by atoms with Crippen LogP contribution in [0.25, 0.3) is 11.4 Å². The number of nitrogens with zero attached hydrogens (tertiary/aromatic N) is 3. The summed E-state index contributed by atoms with van der Waals surface area (Å²) in [4.78, 5) is 18.6. The number of likely N-dealkylation sites (tertiary alicyclic amines) is 1. The molecule has 134 valence electrons. The third-order valence-electron chi connectivity index (χ3n) is 4.67. The largest absolute Gasteiger partial charge is 0.342 e. The van der Waals surface area contributed by atoms with Crippen LogP contribution in [0.15, 0.2) is 22.7 Å². The van der Waals surface area contributed by atoms with Crippen LogP contribution in [0.1, 0.15) is 38.1 Å². The fraction of sp³-hybridized carbons (Fsp3) is 0.526. The molecular weight excluding hydrogens is 321 g/mol. The van der Waals surface area contributed by atoms with Crippen molar-refractivity contribution in [3.05, 3.63) is 35.5 Å². The number of aryl methyl sites for hydroxylation is 2. The fourth-order valence-electron chi connectivity index (χ4n) is 3.44. The van der Waals surface area contributed by atoms with Crippen molar-refractivity contribution in [2.24, 2.45) is 11.8 Å². The lowest BCUT2D eigenvalue weighted by Crippen LogP contribution is -2.42. The van der Waals surface area contributed by atoms with Gasteiger partial charge in [0.05, 0.1) is 0 Å². The van der Waals surface area contributed by atoms with Gasteiger partial charge in [0.25, 0.3) is 0 Å². The van der Waals surface area contributed by atoms with Gasteiger partial charge in [0.15, 0.2) is 0 Å². The molecule has 1 aromatic carbocycles. The van der Waals surface area contributed by atoms with E-state index in [-0.39, 0.29) is 11.7 Å². The molecule has 1 aliphatic heterocycles. The average Bonchev–Trinajstić information content (AvgIpc) is 3.03. The van der Waals surface area contributed by atoms with Crippen LogP contribution >= 0.6 is 0 Å². The van der Waals surface area contributed by atoms with Gasteiger partial charge in [-0.05, 0) is 36.8 Å². The summed E-state index contributed by atoms with van der Waals surface area (Å²) in [5.41, 5.74) is 1.14. The number of piperidine rings is 1. The SMILES string of the molecule is Cc1ccc(-c2noc(CCC(=O)N3C[C@H](C)C[C@H](C)C3)n2)cc1F. The summed E-state index contributed by atoms with van der Waals surface area (Å²) >= 11 is 0. The molecule has 1 amide bonds. The predicted octanol–water partition coefficient (Wildman–Crippen LogP) is 3.62. The number of carbonyl (C=O) groups is 1. The Kier molecular flexibility index (Phi) is 5.16. The van der Waals surface area contributed by atoms with Crippen molar-refractivity contribution in [1.29, 1.82) is 0 Å². The maximum atomic E-state index is 13.7. The van der Waals surface area contributed by atoms with Crippen LogP contribution in [0, 0.1) is 24.6 Å². The molecule has 0 N–H and O–H groups in total. The number of hydrogen-bond donors (Lipinski definition) is 0. The summed E-state index contributed by atoms with van der Waals surface area (Å²) in [6, 6.07) is 4.84. The smallest absolute Gasteiger partial charge is 0.227 e. The monoisotopic (exact) mass is 345 g/mol. The highest BCUT2D eigenvalue weighted by Crippen LogP contribution is 2.22. The minimum Gasteiger partial charge on any atom is -0.342 e. The zero-order valence-electron chi connectivity index (χ0n) is 15.0. The lowest BCUT2D eigenvalue weighted by Gasteiger charge is -2.35. The topological polar surface area (TPSA) is 59.2 Å². The van der Waals surface area contributed by atoms with E-state index >= 15 is 0 Å². The van der Waals surface area contributed by atoms with Gasteiger partial charge in [-0.1, -0.05) is 31.1 Å². The predicted molar refractivity (Wildman–Crippen MR) is 92.3 cm³/mol. The third kappa shape index (κ3) is 4.24. The first kappa shape index (κ1) is 17.6. The second-order valence-corrected chi connectivity index (χ2v) is 7.22. The molecule has 0 spiro atoms. The van der Waals surface area contributed by atoms with Crippen LogP contribution in [-0.2, 0) is 11.2 Å². The molecule has 1 aliphatic rings. The van der Waals surface area contributed by atoms with Crippen molar-refractivity contribution in [3.8, 4) is 11.4 Å². The Morgan fingerprint density at radius 2 is 2.04 bits per heavy atom. The van der Waals surface area contributed by atoms with Crippen molar-refractivity contribution in [2.75, 3.05) is 13.1 Å². The zero-order valence-corrected chi connectivity index (χ0v) is 15.0. The Labute approximate surface area is 147 Å². The molecule has 2 aromatic rings. The minimum atomic E-state index is -0.299. The van der Waals surface area contributed by atoms with Gasteiger partial charge < -0.3 is 9.42 Å². The fourth-order valence-corrected chi connectivity index (χ4v) is 3.44. The number of carbonyl (C=O) groups excluding carboxylic acids is 1. The van der Waals surface area contributed by atoms with Crippen LogP contribution in [0.5, 0.6) is 0 Å². The van der Waals surface area contributed by atoms with E-state index in [0.717, 1.165) is 13.1 Å². The van der Waals surface area contributed by atoms with Crippen LogP contribution in [0.3, 0.4) is 0 Å². The summed E-state index contributed by atoms with van der Waals surface area (Å²) in [5.74, 6) is 1.66. The van der Waals surface area contributed by atoms with Gasteiger partial charge in [0, 0.05) is 31.5 Å². The summed E-state index contributed by atoms with van der Waals surface area (Å²) in [5, 5.41) is 3.89. The number of aromatic nitrogens is 2. The van der Waals surface area contributed by atoms with Crippen LogP contribution < -0.4 is 0 Å². The molecule has 0 bridgehead atoms. The Morgan fingerprint density at radius 3 is 2.72 bits per heavy atom. The van der Waals surface area contributed by atoms with E-state index in [4.69, 9.17) is 4.52 Å². The molecule has 5 nitrogen and oxygen atoms in total. The second-order valence-electron chi connectivity index (χ2n) is 7.22. The molecule has 1 fully saturated rings. The van der Waals surface area contributed by atoms with Crippen molar-refractivity contribution < 1.29 is 13.7 Å². The highest BCUT2D eigenvalue weighted by molar-refractivity contribution is 5.76. The van der Waals surface area contributed by atoms with Gasteiger partial charge in [-0.2, -0.15) is 4.98 Å². The summed E-state index contributed by atoms with van der Waals surface area (Å²) < 4.78 is 18.9.